The molecular weight excluding hydrogens is 242 g/mol. The molecule has 1 aliphatic rings. The van der Waals surface area contributed by atoms with Crippen LogP contribution in [-0.2, 0) is 0 Å². The van der Waals surface area contributed by atoms with Crippen LogP contribution in [0.5, 0.6) is 5.75 Å². The molecule has 0 aromatic heterocycles. The number of aromatic hydroxyl groups is 1. The molecule has 0 atom stereocenters. The van der Waals surface area contributed by atoms with Gasteiger partial charge in [-0.1, -0.05) is 6.42 Å². The van der Waals surface area contributed by atoms with Crippen LogP contribution < -0.4 is 10.6 Å². The Hall–Kier alpha value is -1.75. The second-order valence-electron chi connectivity index (χ2n) is 4.83. The first-order valence-corrected chi connectivity index (χ1v) is 6.80. The number of nitrogens with one attached hydrogen (secondary N) is 2. The highest BCUT2D eigenvalue weighted by Crippen LogP contribution is 2.13. The summed E-state index contributed by atoms with van der Waals surface area (Å²) in [6.07, 6.45) is 3.85. The highest BCUT2D eigenvalue weighted by Gasteiger charge is 2.09. The molecule has 0 spiro atoms. The lowest BCUT2D eigenvalue weighted by Gasteiger charge is -2.26. The summed E-state index contributed by atoms with van der Waals surface area (Å²) in [6, 6.07) is 6.22. The standard InChI is InChI=1S/C14H21N3O2/c18-13-6-4-12(5-7-13)16-14(19)15-8-11-17-9-2-1-3-10-17/h4-7,18H,1-3,8-11H2,(H2,15,16,19). The van der Waals surface area contributed by atoms with E-state index in [9.17, 15) is 4.79 Å². The van der Waals surface area contributed by atoms with Crippen LogP contribution in [0.15, 0.2) is 24.3 Å². The van der Waals surface area contributed by atoms with E-state index in [1.807, 2.05) is 0 Å². The zero-order valence-electron chi connectivity index (χ0n) is 11.1. The van der Waals surface area contributed by atoms with Crippen LogP contribution in [-0.4, -0.2) is 42.2 Å². The maximum atomic E-state index is 11.6. The number of anilines is 1. The summed E-state index contributed by atoms with van der Waals surface area (Å²) in [4.78, 5) is 14.0. The Morgan fingerprint density at radius 1 is 1.16 bits per heavy atom. The first-order valence-electron chi connectivity index (χ1n) is 6.80. The lowest BCUT2D eigenvalue weighted by atomic mass is 10.1. The van der Waals surface area contributed by atoms with Gasteiger partial charge < -0.3 is 20.6 Å². The van der Waals surface area contributed by atoms with E-state index in [1.165, 1.54) is 19.3 Å². The number of benzene rings is 1. The van der Waals surface area contributed by atoms with Crippen LogP contribution in [0.4, 0.5) is 10.5 Å². The minimum atomic E-state index is -0.206. The second-order valence-corrected chi connectivity index (χ2v) is 4.83. The molecule has 0 unspecified atom stereocenters. The van der Waals surface area contributed by atoms with Crippen LogP contribution >= 0.6 is 0 Å². The Kier molecular flexibility index (Phi) is 5.03. The fourth-order valence-corrected chi connectivity index (χ4v) is 2.23. The second kappa shape index (κ2) is 6.99. The molecule has 1 aromatic rings. The van der Waals surface area contributed by atoms with Crippen LogP contribution in [0.3, 0.4) is 0 Å². The molecule has 0 aliphatic carbocycles. The lowest BCUT2D eigenvalue weighted by Crippen LogP contribution is -2.39. The number of piperidine rings is 1. The molecule has 3 N–H and O–H groups in total. The predicted octanol–water partition coefficient (Wildman–Crippen LogP) is 2.00. The van der Waals surface area contributed by atoms with Gasteiger partial charge in [-0.25, -0.2) is 4.79 Å². The Bertz CT molecular complexity index is 400. The van der Waals surface area contributed by atoms with E-state index in [1.54, 1.807) is 24.3 Å². The van der Waals surface area contributed by atoms with Gasteiger partial charge >= 0.3 is 6.03 Å². The third kappa shape index (κ3) is 4.79. The van der Waals surface area contributed by atoms with Crippen LogP contribution in [0.1, 0.15) is 19.3 Å². The smallest absolute Gasteiger partial charge is 0.319 e. The molecule has 1 aromatic carbocycles. The molecule has 1 heterocycles. The average molecular weight is 263 g/mol. The minimum absolute atomic E-state index is 0.191. The summed E-state index contributed by atoms with van der Waals surface area (Å²) in [5.74, 6) is 0.191. The van der Waals surface area contributed by atoms with Crippen molar-refractivity contribution in [3.63, 3.8) is 0 Å². The SMILES string of the molecule is O=C(NCCN1CCCCC1)Nc1ccc(O)cc1. The zero-order valence-corrected chi connectivity index (χ0v) is 11.1. The minimum Gasteiger partial charge on any atom is -0.508 e. The summed E-state index contributed by atoms with van der Waals surface area (Å²) >= 11 is 0. The van der Waals surface area contributed by atoms with Crippen molar-refractivity contribution in [3.05, 3.63) is 24.3 Å². The average Bonchev–Trinajstić information content (AvgIpc) is 2.43. The third-order valence-corrected chi connectivity index (χ3v) is 3.29. The summed E-state index contributed by atoms with van der Waals surface area (Å²) < 4.78 is 0. The van der Waals surface area contributed by atoms with Crippen LogP contribution in [0.25, 0.3) is 0 Å². The number of rotatable bonds is 4. The quantitative estimate of drug-likeness (QED) is 0.728. The largest absolute Gasteiger partial charge is 0.508 e. The van der Waals surface area contributed by atoms with Crippen molar-refractivity contribution >= 4 is 11.7 Å². The lowest BCUT2D eigenvalue weighted by molar-refractivity contribution is 0.224. The fourth-order valence-electron chi connectivity index (χ4n) is 2.23. The van der Waals surface area contributed by atoms with Gasteiger partial charge in [-0.05, 0) is 50.2 Å². The number of carbonyl (C=O) groups excluding carboxylic acids is 1. The summed E-state index contributed by atoms with van der Waals surface area (Å²) in [6.45, 7) is 3.84. The number of urea groups is 1. The predicted molar refractivity (Wildman–Crippen MR) is 75.4 cm³/mol. The molecule has 104 valence electrons. The van der Waals surface area contributed by atoms with Crippen LogP contribution in [0.2, 0.25) is 0 Å². The number of carbonyl (C=O) groups is 1. The Labute approximate surface area is 113 Å². The maximum Gasteiger partial charge on any atom is 0.319 e. The number of likely N-dealkylation sites (tertiary alicyclic amines) is 1. The van der Waals surface area contributed by atoms with Gasteiger partial charge in [-0.3, -0.25) is 0 Å². The number of nitrogens with zero attached hydrogens (tertiary/aromatic N) is 1. The number of hydrogen-bond donors (Lipinski definition) is 3. The Balaban J connectivity index is 1.65. The van der Waals surface area contributed by atoms with Gasteiger partial charge in [0.1, 0.15) is 5.75 Å². The molecule has 0 saturated carbocycles. The van der Waals surface area contributed by atoms with E-state index >= 15 is 0 Å². The van der Waals surface area contributed by atoms with Gasteiger partial charge in [-0.15, -0.1) is 0 Å². The first kappa shape index (κ1) is 13.7. The van der Waals surface area contributed by atoms with Gasteiger partial charge in [0.25, 0.3) is 0 Å². The molecule has 5 nitrogen and oxygen atoms in total. The van der Waals surface area contributed by atoms with E-state index in [2.05, 4.69) is 15.5 Å². The van der Waals surface area contributed by atoms with Crippen molar-refractivity contribution in [2.75, 3.05) is 31.5 Å². The molecule has 1 saturated heterocycles. The monoisotopic (exact) mass is 263 g/mol. The Morgan fingerprint density at radius 3 is 2.53 bits per heavy atom. The van der Waals surface area contributed by atoms with Gasteiger partial charge in [0.15, 0.2) is 0 Å². The van der Waals surface area contributed by atoms with Crippen molar-refractivity contribution in [1.82, 2.24) is 10.2 Å². The topological polar surface area (TPSA) is 64.6 Å². The molecule has 0 radical (unpaired) electrons. The normalized spacial score (nSPS) is 16.0. The summed E-state index contributed by atoms with van der Waals surface area (Å²) in [7, 11) is 0. The number of phenolic OH excluding ortho intramolecular Hbond substituents is 1. The van der Waals surface area contributed by atoms with Gasteiger partial charge in [-0.2, -0.15) is 0 Å². The Morgan fingerprint density at radius 2 is 1.84 bits per heavy atom. The van der Waals surface area contributed by atoms with Crippen LogP contribution in [0, 0.1) is 0 Å². The van der Waals surface area contributed by atoms with E-state index in [4.69, 9.17) is 5.11 Å². The molecule has 5 heteroatoms. The van der Waals surface area contributed by atoms with E-state index in [0.29, 0.717) is 12.2 Å². The van der Waals surface area contributed by atoms with Gasteiger partial charge in [0.05, 0.1) is 0 Å². The fraction of sp³-hybridized carbons (Fsp3) is 0.500. The van der Waals surface area contributed by atoms with Gasteiger partial charge in [0, 0.05) is 18.8 Å². The summed E-state index contributed by atoms with van der Waals surface area (Å²) in [5, 5.41) is 14.7. The highest BCUT2D eigenvalue weighted by molar-refractivity contribution is 5.89. The molecule has 1 fully saturated rings. The van der Waals surface area contributed by atoms with E-state index in [-0.39, 0.29) is 11.8 Å². The molecule has 19 heavy (non-hydrogen) atoms. The third-order valence-electron chi connectivity index (χ3n) is 3.29. The molecule has 2 rings (SSSR count). The van der Waals surface area contributed by atoms with Crippen molar-refractivity contribution in [2.45, 2.75) is 19.3 Å². The molecule has 1 aliphatic heterocycles. The molecule has 2 amide bonds. The first-order chi connectivity index (χ1) is 9.24. The van der Waals surface area contributed by atoms with Crippen molar-refractivity contribution < 1.29 is 9.90 Å². The van der Waals surface area contributed by atoms with Gasteiger partial charge in [0.2, 0.25) is 0 Å². The number of hydrogen-bond acceptors (Lipinski definition) is 3. The molecular formula is C14H21N3O2. The van der Waals surface area contributed by atoms with Crippen molar-refractivity contribution in [3.8, 4) is 5.75 Å². The molecule has 0 bridgehead atoms. The number of amides is 2. The van der Waals surface area contributed by atoms with E-state index < -0.39 is 0 Å². The number of phenols is 1. The van der Waals surface area contributed by atoms with Crippen molar-refractivity contribution in [2.24, 2.45) is 0 Å². The van der Waals surface area contributed by atoms with E-state index in [0.717, 1.165) is 19.6 Å². The zero-order chi connectivity index (χ0) is 13.5. The maximum absolute atomic E-state index is 11.6. The highest BCUT2D eigenvalue weighted by atomic mass is 16.3. The summed E-state index contributed by atoms with van der Waals surface area (Å²) in [5.41, 5.74) is 0.674. The van der Waals surface area contributed by atoms with Crippen molar-refractivity contribution in [1.29, 1.82) is 0 Å².